The van der Waals surface area contributed by atoms with Crippen LogP contribution in [0.5, 0.6) is 0 Å². The van der Waals surface area contributed by atoms with Gasteiger partial charge in [0.25, 0.3) is 5.69 Å². The van der Waals surface area contributed by atoms with E-state index in [9.17, 15) is 10.1 Å². The largest absolute Gasteiger partial charge is 0.309 e. The molecule has 0 bridgehead atoms. The maximum Gasteiger partial charge on any atom is 0.269 e. The quantitative estimate of drug-likeness (QED) is 0.615. The van der Waals surface area contributed by atoms with Crippen molar-refractivity contribution in [2.24, 2.45) is 5.41 Å². The van der Waals surface area contributed by atoms with Gasteiger partial charge in [-0.3, -0.25) is 10.1 Å². The first-order valence-corrected chi connectivity index (χ1v) is 8.02. The summed E-state index contributed by atoms with van der Waals surface area (Å²) in [5.74, 6) is 0. The summed E-state index contributed by atoms with van der Waals surface area (Å²) >= 11 is 0. The molecule has 0 aliphatic heterocycles. The first-order chi connectivity index (χ1) is 10.0. The number of hydrogen-bond acceptors (Lipinski definition) is 3. The van der Waals surface area contributed by atoms with E-state index in [0.29, 0.717) is 5.41 Å². The van der Waals surface area contributed by atoms with Gasteiger partial charge in [-0.2, -0.15) is 0 Å². The Hall–Kier alpha value is -1.42. The van der Waals surface area contributed by atoms with Crippen LogP contribution in [-0.2, 0) is 0 Å². The molecule has 1 unspecified atom stereocenters. The van der Waals surface area contributed by atoms with E-state index in [-0.39, 0.29) is 16.7 Å². The number of nitro benzene ring substituents is 1. The van der Waals surface area contributed by atoms with Crippen LogP contribution < -0.4 is 5.32 Å². The Morgan fingerprint density at radius 2 is 2.05 bits per heavy atom. The van der Waals surface area contributed by atoms with Gasteiger partial charge in [0.15, 0.2) is 0 Å². The van der Waals surface area contributed by atoms with E-state index < -0.39 is 0 Å². The number of non-ortho nitro benzene ring substituents is 1. The molecule has 21 heavy (non-hydrogen) atoms. The highest BCUT2D eigenvalue weighted by atomic mass is 16.6. The van der Waals surface area contributed by atoms with Gasteiger partial charge in [0.2, 0.25) is 0 Å². The van der Waals surface area contributed by atoms with Gasteiger partial charge < -0.3 is 5.32 Å². The molecular weight excluding hydrogens is 264 g/mol. The normalized spacial score (nSPS) is 19.1. The number of rotatable bonds is 6. The van der Waals surface area contributed by atoms with Gasteiger partial charge in [0.05, 0.1) is 4.92 Å². The zero-order chi connectivity index (χ0) is 15.3. The average Bonchev–Trinajstić information content (AvgIpc) is 2.49. The van der Waals surface area contributed by atoms with Crippen molar-refractivity contribution in [1.29, 1.82) is 0 Å². The lowest BCUT2D eigenvalue weighted by Crippen LogP contribution is -2.35. The molecule has 1 saturated carbocycles. The van der Waals surface area contributed by atoms with Gasteiger partial charge in [-0.05, 0) is 30.2 Å². The van der Waals surface area contributed by atoms with Crippen LogP contribution in [0.15, 0.2) is 24.3 Å². The van der Waals surface area contributed by atoms with Crippen molar-refractivity contribution in [2.75, 3.05) is 6.54 Å². The van der Waals surface area contributed by atoms with E-state index in [0.717, 1.165) is 18.5 Å². The molecule has 2 rings (SSSR count). The summed E-state index contributed by atoms with van der Waals surface area (Å²) in [6.07, 6.45) is 7.52. The fraction of sp³-hybridized carbons (Fsp3) is 0.647. The molecule has 1 atom stereocenters. The summed E-state index contributed by atoms with van der Waals surface area (Å²) in [4.78, 5) is 10.6. The van der Waals surface area contributed by atoms with Gasteiger partial charge in [-0.25, -0.2) is 0 Å². The van der Waals surface area contributed by atoms with Crippen molar-refractivity contribution in [3.8, 4) is 0 Å². The molecule has 0 spiro atoms. The number of benzene rings is 1. The highest BCUT2D eigenvalue weighted by molar-refractivity contribution is 5.35. The molecule has 0 saturated heterocycles. The van der Waals surface area contributed by atoms with Crippen molar-refractivity contribution in [3.63, 3.8) is 0 Å². The summed E-state index contributed by atoms with van der Waals surface area (Å²) in [5, 5.41) is 14.5. The fourth-order valence-corrected chi connectivity index (χ4v) is 3.30. The third-order valence-corrected chi connectivity index (χ3v) is 4.73. The highest BCUT2D eigenvalue weighted by Gasteiger charge is 2.27. The van der Waals surface area contributed by atoms with E-state index in [1.165, 1.54) is 32.1 Å². The Labute approximate surface area is 127 Å². The molecule has 4 heteroatoms. The standard InChI is InChI=1S/C17H26N2O2/c1-3-16(14-8-7-9-15(12-14)19(20)21)18-13-17(2)10-5-4-6-11-17/h7-9,12,16,18H,3-6,10-11,13H2,1-2H3. The SMILES string of the molecule is CCC(NCC1(C)CCCCC1)c1cccc([N+](=O)[O-])c1. The molecule has 1 aromatic rings. The minimum absolute atomic E-state index is 0.177. The van der Waals surface area contributed by atoms with Crippen LogP contribution in [0, 0.1) is 15.5 Å². The van der Waals surface area contributed by atoms with Crippen LogP contribution >= 0.6 is 0 Å². The molecule has 116 valence electrons. The third kappa shape index (κ3) is 4.27. The minimum atomic E-state index is -0.321. The molecule has 1 fully saturated rings. The predicted molar refractivity (Wildman–Crippen MR) is 85.3 cm³/mol. The predicted octanol–water partition coefficient (Wildman–Crippen LogP) is 4.61. The molecule has 4 nitrogen and oxygen atoms in total. The maximum atomic E-state index is 10.9. The molecule has 0 amide bonds. The number of nitro groups is 1. The zero-order valence-electron chi connectivity index (χ0n) is 13.1. The topological polar surface area (TPSA) is 55.2 Å². The van der Waals surface area contributed by atoms with E-state index in [1.54, 1.807) is 18.2 Å². The van der Waals surface area contributed by atoms with Crippen LogP contribution in [-0.4, -0.2) is 11.5 Å². The van der Waals surface area contributed by atoms with E-state index >= 15 is 0 Å². The Bertz CT molecular complexity index is 481. The smallest absolute Gasteiger partial charge is 0.269 e. The Morgan fingerprint density at radius 1 is 1.33 bits per heavy atom. The summed E-state index contributed by atoms with van der Waals surface area (Å²) in [6, 6.07) is 7.21. The monoisotopic (exact) mass is 290 g/mol. The highest BCUT2D eigenvalue weighted by Crippen LogP contribution is 2.35. The number of nitrogens with one attached hydrogen (secondary N) is 1. The van der Waals surface area contributed by atoms with Crippen molar-refractivity contribution >= 4 is 5.69 Å². The third-order valence-electron chi connectivity index (χ3n) is 4.73. The second kappa shape index (κ2) is 7.03. The lowest BCUT2D eigenvalue weighted by molar-refractivity contribution is -0.384. The average molecular weight is 290 g/mol. The molecule has 0 heterocycles. The second-order valence-electron chi connectivity index (χ2n) is 6.57. The molecular formula is C17H26N2O2. The molecule has 1 aromatic carbocycles. The van der Waals surface area contributed by atoms with Crippen LogP contribution in [0.4, 0.5) is 5.69 Å². The molecule has 1 aliphatic carbocycles. The van der Waals surface area contributed by atoms with Crippen molar-refractivity contribution < 1.29 is 4.92 Å². The minimum Gasteiger partial charge on any atom is -0.309 e. The Balaban J connectivity index is 2.02. The van der Waals surface area contributed by atoms with Gasteiger partial charge in [0.1, 0.15) is 0 Å². The lowest BCUT2D eigenvalue weighted by Gasteiger charge is -2.35. The van der Waals surface area contributed by atoms with Crippen LogP contribution in [0.2, 0.25) is 0 Å². The Kier molecular flexibility index (Phi) is 5.34. The van der Waals surface area contributed by atoms with Crippen LogP contribution in [0.1, 0.15) is 64.0 Å². The zero-order valence-corrected chi connectivity index (χ0v) is 13.1. The van der Waals surface area contributed by atoms with Crippen LogP contribution in [0.3, 0.4) is 0 Å². The van der Waals surface area contributed by atoms with Crippen molar-refractivity contribution in [2.45, 2.75) is 58.4 Å². The lowest BCUT2D eigenvalue weighted by atomic mass is 9.75. The van der Waals surface area contributed by atoms with E-state index in [4.69, 9.17) is 0 Å². The van der Waals surface area contributed by atoms with Gasteiger partial charge >= 0.3 is 0 Å². The van der Waals surface area contributed by atoms with Crippen LogP contribution in [0.25, 0.3) is 0 Å². The fourth-order valence-electron chi connectivity index (χ4n) is 3.30. The van der Waals surface area contributed by atoms with Gasteiger partial charge in [-0.15, -0.1) is 0 Å². The molecule has 0 radical (unpaired) electrons. The van der Waals surface area contributed by atoms with Crippen molar-refractivity contribution in [1.82, 2.24) is 5.32 Å². The van der Waals surface area contributed by atoms with Gasteiger partial charge in [0, 0.05) is 24.7 Å². The molecule has 0 aromatic heterocycles. The molecule has 1 aliphatic rings. The first kappa shape index (κ1) is 16.0. The summed E-state index contributed by atoms with van der Waals surface area (Å²) < 4.78 is 0. The van der Waals surface area contributed by atoms with E-state index in [1.807, 2.05) is 6.07 Å². The van der Waals surface area contributed by atoms with Crippen molar-refractivity contribution in [3.05, 3.63) is 39.9 Å². The second-order valence-corrected chi connectivity index (χ2v) is 6.57. The summed E-state index contributed by atoms with van der Waals surface area (Å²) in [6.45, 7) is 5.48. The summed E-state index contributed by atoms with van der Waals surface area (Å²) in [5.41, 5.74) is 1.58. The van der Waals surface area contributed by atoms with E-state index in [2.05, 4.69) is 19.2 Å². The van der Waals surface area contributed by atoms with Gasteiger partial charge in [-0.1, -0.05) is 45.2 Å². The maximum absolute atomic E-state index is 10.9. The Morgan fingerprint density at radius 3 is 2.67 bits per heavy atom. The number of hydrogen-bond donors (Lipinski definition) is 1. The molecule has 1 N–H and O–H groups in total. The number of nitrogens with zero attached hydrogens (tertiary/aromatic N) is 1. The summed E-state index contributed by atoms with van der Waals surface area (Å²) in [7, 11) is 0. The first-order valence-electron chi connectivity index (χ1n) is 8.02.